The van der Waals surface area contributed by atoms with Crippen molar-refractivity contribution < 1.29 is 12.3 Å². The molecule has 1 saturated heterocycles. The molecule has 1 aromatic rings. The third-order valence-corrected chi connectivity index (χ3v) is 4.06. The van der Waals surface area contributed by atoms with Crippen LogP contribution in [0.2, 0.25) is 0 Å². The summed E-state index contributed by atoms with van der Waals surface area (Å²) in [6, 6.07) is 9.78. The lowest BCUT2D eigenvalue weighted by atomic mass is 10.2. The Labute approximate surface area is 95.1 Å². The van der Waals surface area contributed by atoms with Crippen LogP contribution in [0.3, 0.4) is 0 Å². The van der Waals surface area contributed by atoms with Crippen molar-refractivity contribution in [2.75, 3.05) is 13.1 Å². The summed E-state index contributed by atoms with van der Waals surface area (Å²) in [6.07, 6.45) is 0.395. The normalized spacial score (nSPS) is 22.4. The minimum Gasteiger partial charge on any atom is -0.298 e. The number of hydrogen-bond acceptors (Lipinski definition) is 3. The molecule has 0 aliphatic carbocycles. The molecule has 1 aliphatic heterocycles. The van der Waals surface area contributed by atoms with E-state index in [9.17, 15) is 12.3 Å². The zero-order valence-corrected chi connectivity index (χ0v) is 9.66. The average molecular weight is 243 g/mol. The molecule has 1 atom stereocenters. The molecule has 0 radical (unpaired) electrons. The average Bonchev–Trinajstić information content (AvgIpc) is 2.67. The Kier molecular flexibility index (Phi) is 3.25. The summed E-state index contributed by atoms with van der Waals surface area (Å²) >= 11 is 0. The zero-order chi connectivity index (χ0) is 11.6. The summed E-state index contributed by atoms with van der Waals surface area (Å²) in [7, 11) is -4.37. The standard InChI is InChI=1S/C11H14FNO2S/c12-16(14,15)11-6-7-13(9-11)8-10-4-2-1-3-5-10/h1-5,11H,6-9H2/t11-/m0/s1. The Morgan fingerprint density at radius 2 is 2.00 bits per heavy atom. The van der Waals surface area contributed by atoms with Crippen LogP contribution in [0, 0.1) is 0 Å². The SMILES string of the molecule is O=S(=O)(F)[C@H]1CCN(Cc2ccccc2)C1. The predicted octanol–water partition coefficient (Wildman–Crippen LogP) is 1.56. The van der Waals surface area contributed by atoms with Gasteiger partial charge in [0.1, 0.15) is 5.25 Å². The van der Waals surface area contributed by atoms with Crippen LogP contribution in [0.15, 0.2) is 30.3 Å². The molecule has 0 amide bonds. The van der Waals surface area contributed by atoms with E-state index >= 15 is 0 Å². The molecule has 1 aliphatic rings. The fourth-order valence-electron chi connectivity index (χ4n) is 2.01. The molecule has 0 saturated carbocycles. The number of benzene rings is 1. The summed E-state index contributed by atoms with van der Waals surface area (Å²) < 4.78 is 34.2. The zero-order valence-electron chi connectivity index (χ0n) is 8.84. The smallest absolute Gasteiger partial charge is 0.298 e. The molecule has 1 heterocycles. The maximum atomic E-state index is 12.8. The summed E-state index contributed by atoms with van der Waals surface area (Å²) in [4.78, 5) is 1.97. The van der Waals surface area contributed by atoms with Crippen LogP contribution >= 0.6 is 0 Å². The summed E-state index contributed by atoms with van der Waals surface area (Å²) in [5, 5.41) is -0.837. The highest BCUT2D eigenvalue weighted by molar-refractivity contribution is 7.87. The summed E-state index contributed by atoms with van der Waals surface area (Å²) in [5.41, 5.74) is 1.12. The number of hydrogen-bond donors (Lipinski definition) is 0. The lowest BCUT2D eigenvalue weighted by Gasteiger charge is -2.14. The van der Waals surface area contributed by atoms with Crippen molar-refractivity contribution >= 4 is 10.2 Å². The molecule has 3 nitrogen and oxygen atoms in total. The quantitative estimate of drug-likeness (QED) is 0.756. The fraction of sp³-hybridized carbons (Fsp3) is 0.455. The number of likely N-dealkylation sites (tertiary alicyclic amines) is 1. The van der Waals surface area contributed by atoms with Gasteiger partial charge in [0, 0.05) is 13.1 Å². The van der Waals surface area contributed by atoms with E-state index in [0.29, 0.717) is 26.1 Å². The predicted molar refractivity (Wildman–Crippen MR) is 60.2 cm³/mol. The first-order valence-corrected chi connectivity index (χ1v) is 6.70. The monoisotopic (exact) mass is 243 g/mol. The van der Waals surface area contributed by atoms with Gasteiger partial charge in [-0.05, 0) is 18.5 Å². The second-order valence-electron chi connectivity index (χ2n) is 4.11. The van der Waals surface area contributed by atoms with Gasteiger partial charge in [-0.2, -0.15) is 8.42 Å². The van der Waals surface area contributed by atoms with E-state index < -0.39 is 15.5 Å². The van der Waals surface area contributed by atoms with Crippen molar-refractivity contribution in [1.29, 1.82) is 0 Å². The fourth-order valence-corrected chi connectivity index (χ4v) is 2.79. The van der Waals surface area contributed by atoms with Crippen LogP contribution in [-0.2, 0) is 16.8 Å². The van der Waals surface area contributed by atoms with Crippen LogP contribution in [-0.4, -0.2) is 31.7 Å². The van der Waals surface area contributed by atoms with Crippen molar-refractivity contribution in [2.45, 2.75) is 18.2 Å². The summed E-state index contributed by atoms with van der Waals surface area (Å²) in [6.45, 7) is 1.63. The number of nitrogens with zero attached hydrogens (tertiary/aromatic N) is 1. The van der Waals surface area contributed by atoms with Gasteiger partial charge in [-0.25, -0.2) is 0 Å². The lowest BCUT2D eigenvalue weighted by Crippen LogP contribution is -2.24. The van der Waals surface area contributed by atoms with Crippen LogP contribution < -0.4 is 0 Å². The summed E-state index contributed by atoms with van der Waals surface area (Å²) in [5.74, 6) is 0. The molecule has 0 N–H and O–H groups in total. The molecule has 1 aromatic carbocycles. The Bertz CT molecular complexity index is 446. The van der Waals surface area contributed by atoms with Gasteiger partial charge in [0.15, 0.2) is 0 Å². The molecular weight excluding hydrogens is 229 g/mol. The van der Waals surface area contributed by atoms with E-state index in [1.54, 1.807) is 0 Å². The maximum Gasteiger partial charge on any atom is 0.306 e. The largest absolute Gasteiger partial charge is 0.306 e. The Balaban J connectivity index is 1.96. The lowest BCUT2D eigenvalue weighted by molar-refractivity contribution is 0.331. The van der Waals surface area contributed by atoms with Crippen LogP contribution in [0.1, 0.15) is 12.0 Å². The van der Waals surface area contributed by atoms with Gasteiger partial charge >= 0.3 is 10.2 Å². The Morgan fingerprint density at radius 1 is 1.31 bits per heavy atom. The van der Waals surface area contributed by atoms with Crippen LogP contribution in [0.5, 0.6) is 0 Å². The van der Waals surface area contributed by atoms with Gasteiger partial charge in [-0.15, -0.1) is 3.89 Å². The van der Waals surface area contributed by atoms with E-state index in [-0.39, 0.29) is 0 Å². The van der Waals surface area contributed by atoms with E-state index in [0.717, 1.165) is 5.56 Å². The van der Waals surface area contributed by atoms with Crippen molar-refractivity contribution in [1.82, 2.24) is 4.90 Å². The second kappa shape index (κ2) is 4.51. The minimum absolute atomic E-state index is 0.299. The molecule has 16 heavy (non-hydrogen) atoms. The Hall–Kier alpha value is -0.940. The van der Waals surface area contributed by atoms with E-state index in [4.69, 9.17) is 0 Å². The van der Waals surface area contributed by atoms with Crippen LogP contribution in [0.4, 0.5) is 3.89 Å². The van der Waals surface area contributed by atoms with Gasteiger partial charge in [0.25, 0.3) is 0 Å². The Morgan fingerprint density at radius 3 is 2.56 bits per heavy atom. The molecule has 2 rings (SSSR count). The van der Waals surface area contributed by atoms with Gasteiger partial charge in [0.2, 0.25) is 0 Å². The van der Waals surface area contributed by atoms with Gasteiger partial charge in [0.05, 0.1) is 0 Å². The first kappa shape index (κ1) is 11.5. The number of rotatable bonds is 3. The second-order valence-corrected chi connectivity index (χ2v) is 5.72. The highest BCUT2D eigenvalue weighted by Crippen LogP contribution is 2.20. The minimum atomic E-state index is -4.37. The topological polar surface area (TPSA) is 37.4 Å². The molecule has 0 spiro atoms. The number of halogens is 1. The maximum absolute atomic E-state index is 12.8. The van der Waals surface area contributed by atoms with Gasteiger partial charge in [-0.1, -0.05) is 30.3 Å². The van der Waals surface area contributed by atoms with Crippen LogP contribution in [0.25, 0.3) is 0 Å². The van der Waals surface area contributed by atoms with Gasteiger partial charge < -0.3 is 0 Å². The molecule has 1 fully saturated rings. The van der Waals surface area contributed by atoms with E-state index in [1.807, 2.05) is 35.2 Å². The van der Waals surface area contributed by atoms with E-state index in [2.05, 4.69) is 0 Å². The van der Waals surface area contributed by atoms with E-state index in [1.165, 1.54) is 0 Å². The van der Waals surface area contributed by atoms with Gasteiger partial charge in [-0.3, -0.25) is 4.90 Å². The van der Waals surface area contributed by atoms with Crippen molar-refractivity contribution in [3.63, 3.8) is 0 Å². The first-order chi connectivity index (χ1) is 7.55. The van der Waals surface area contributed by atoms with Crippen molar-refractivity contribution in [3.8, 4) is 0 Å². The third-order valence-electron chi connectivity index (χ3n) is 2.88. The molecule has 88 valence electrons. The molecule has 5 heteroatoms. The first-order valence-electron chi connectivity index (χ1n) is 5.25. The molecular formula is C11H14FNO2S. The van der Waals surface area contributed by atoms with Crippen molar-refractivity contribution in [2.24, 2.45) is 0 Å². The molecule has 0 aromatic heterocycles. The molecule has 0 bridgehead atoms. The highest BCUT2D eigenvalue weighted by Gasteiger charge is 2.32. The highest BCUT2D eigenvalue weighted by atomic mass is 32.3. The third kappa shape index (κ3) is 2.80. The van der Waals surface area contributed by atoms with Crippen molar-refractivity contribution in [3.05, 3.63) is 35.9 Å². The molecule has 0 unspecified atom stereocenters.